The molecule has 0 spiro atoms. The predicted octanol–water partition coefficient (Wildman–Crippen LogP) is 2.69. The van der Waals surface area contributed by atoms with Crippen molar-refractivity contribution in [1.29, 1.82) is 0 Å². The molecule has 6 nitrogen and oxygen atoms in total. The van der Waals surface area contributed by atoms with Gasteiger partial charge in [0.05, 0.1) is 6.10 Å². The lowest BCUT2D eigenvalue weighted by Gasteiger charge is -2.25. The van der Waals surface area contributed by atoms with Gasteiger partial charge in [-0.1, -0.05) is 13.3 Å². The zero-order chi connectivity index (χ0) is 14.4. The van der Waals surface area contributed by atoms with E-state index in [2.05, 4.69) is 32.5 Å². The molecule has 0 atom stereocenters. The van der Waals surface area contributed by atoms with Crippen LogP contribution in [-0.4, -0.2) is 34.1 Å². The Morgan fingerprint density at radius 3 is 2.40 bits per heavy atom. The Bertz CT molecular complexity index is 420. The predicted molar refractivity (Wildman–Crippen MR) is 80.2 cm³/mol. The second kappa shape index (κ2) is 7.26. The number of hydrogen-bond donors (Lipinski definition) is 2. The standard InChI is InChI=1S/C14H25N5O/c1-4-8-15-12-17-13(16-9-11-6-5-7-11)19-14(18-12)20-10(2)3/h10-11H,4-9H2,1-3H3,(H2,15,16,17,18,19). The van der Waals surface area contributed by atoms with E-state index in [4.69, 9.17) is 4.74 Å². The molecule has 2 rings (SSSR count). The first-order chi connectivity index (χ1) is 9.67. The van der Waals surface area contributed by atoms with Crippen molar-refractivity contribution < 1.29 is 4.74 Å². The first-order valence-corrected chi connectivity index (χ1v) is 7.58. The van der Waals surface area contributed by atoms with Gasteiger partial charge in [0.2, 0.25) is 11.9 Å². The lowest BCUT2D eigenvalue weighted by atomic mass is 9.85. The van der Waals surface area contributed by atoms with Crippen molar-refractivity contribution in [2.45, 2.75) is 52.6 Å². The van der Waals surface area contributed by atoms with E-state index in [1.807, 2.05) is 13.8 Å². The summed E-state index contributed by atoms with van der Waals surface area (Å²) in [5.41, 5.74) is 0. The quantitative estimate of drug-likeness (QED) is 0.762. The molecule has 0 amide bonds. The first kappa shape index (κ1) is 14.8. The van der Waals surface area contributed by atoms with Crippen LogP contribution in [0.1, 0.15) is 46.5 Å². The van der Waals surface area contributed by atoms with Gasteiger partial charge in [-0.15, -0.1) is 0 Å². The lowest BCUT2D eigenvalue weighted by Crippen LogP contribution is -2.22. The largest absolute Gasteiger partial charge is 0.461 e. The number of aromatic nitrogens is 3. The van der Waals surface area contributed by atoms with Crippen molar-refractivity contribution in [2.24, 2.45) is 5.92 Å². The summed E-state index contributed by atoms with van der Waals surface area (Å²) in [4.78, 5) is 13.0. The Hall–Kier alpha value is -1.59. The highest BCUT2D eigenvalue weighted by Gasteiger charge is 2.17. The van der Waals surface area contributed by atoms with Crippen LogP contribution in [0.3, 0.4) is 0 Å². The Labute approximate surface area is 120 Å². The fourth-order valence-electron chi connectivity index (χ4n) is 1.95. The van der Waals surface area contributed by atoms with E-state index in [0.717, 1.165) is 25.4 Å². The zero-order valence-corrected chi connectivity index (χ0v) is 12.6. The van der Waals surface area contributed by atoms with E-state index < -0.39 is 0 Å². The maximum atomic E-state index is 5.58. The van der Waals surface area contributed by atoms with Crippen LogP contribution in [0.5, 0.6) is 6.01 Å². The van der Waals surface area contributed by atoms with Gasteiger partial charge in [0.15, 0.2) is 0 Å². The molecular weight excluding hydrogens is 254 g/mol. The van der Waals surface area contributed by atoms with Crippen molar-refractivity contribution >= 4 is 11.9 Å². The molecule has 1 aromatic heterocycles. The van der Waals surface area contributed by atoms with Crippen LogP contribution in [0, 0.1) is 5.92 Å². The van der Waals surface area contributed by atoms with Gasteiger partial charge < -0.3 is 15.4 Å². The van der Waals surface area contributed by atoms with E-state index in [1.54, 1.807) is 0 Å². The smallest absolute Gasteiger partial charge is 0.323 e. The number of hydrogen-bond acceptors (Lipinski definition) is 6. The fraction of sp³-hybridized carbons (Fsp3) is 0.786. The summed E-state index contributed by atoms with van der Waals surface area (Å²) in [6.07, 6.45) is 5.02. The van der Waals surface area contributed by atoms with Crippen LogP contribution in [0.15, 0.2) is 0 Å². The number of anilines is 2. The van der Waals surface area contributed by atoms with Gasteiger partial charge >= 0.3 is 6.01 Å². The molecule has 0 unspecified atom stereocenters. The third-order valence-corrected chi connectivity index (χ3v) is 3.26. The van der Waals surface area contributed by atoms with Gasteiger partial charge in [0.1, 0.15) is 0 Å². The Morgan fingerprint density at radius 1 is 1.15 bits per heavy atom. The summed E-state index contributed by atoms with van der Waals surface area (Å²) in [6, 6.07) is 0.379. The maximum Gasteiger partial charge on any atom is 0.323 e. The topological polar surface area (TPSA) is 72.0 Å². The highest BCUT2D eigenvalue weighted by Crippen LogP contribution is 2.26. The minimum absolute atomic E-state index is 0.0518. The molecule has 1 saturated carbocycles. The highest BCUT2D eigenvalue weighted by atomic mass is 16.5. The summed E-state index contributed by atoms with van der Waals surface area (Å²) < 4.78 is 5.58. The van der Waals surface area contributed by atoms with Crippen LogP contribution in [0.4, 0.5) is 11.9 Å². The second-order valence-corrected chi connectivity index (χ2v) is 5.54. The van der Waals surface area contributed by atoms with Crippen molar-refractivity contribution in [2.75, 3.05) is 23.7 Å². The average Bonchev–Trinajstić information content (AvgIpc) is 2.33. The fourth-order valence-corrected chi connectivity index (χ4v) is 1.95. The summed E-state index contributed by atoms with van der Waals surface area (Å²) in [7, 11) is 0. The average molecular weight is 279 g/mol. The Morgan fingerprint density at radius 2 is 1.85 bits per heavy atom. The number of rotatable bonds is 8. The van der Waals surface area contributed by atoms with Gasteiger partial charge in [-0.3, -0.25) is 0 Å². The highest BCUT2D eigenvalue weighted by molar-refractivity contribution is 5.35. The third kappa shape index (κ3) is 4.51. The molecule has 2 N–H and O–H groups in total. The molecule has 20 heavy (non-hydrogen) atoms. The molecule has 0 radical (unpaired) electrons. The van der Waals surface area contributed by atoms with E-state index in [1.165, 1.54) is 19.3 Å². The summed E-state index contributed by atoms with van der Waals surface area (Å²) >= 11 is 0. The van der Waals surface area contributed by atoms with E-state index >= 15 is 0 Å². The van der Waals surface area contributed by atoms with Crippen LogP contribution < -0.4 is 15.4 Å². The van der Waals surface area contributed by atoms with Crippen molar-refractivity contribution in [3.63, 3.8) is 0 Å². The minimum atomic E-state index is 0.0518. The number of nitrogens with zero attached hydrogens (tertiary/aromatic N) is 3. The molecule has 112 valence electrons. The van der Waals surface area contributed by atoms with E-state index in [9.17, 15) is 0 Å². The zero-order valence-electron chi connectivity index (χ0n) is 12.6. The second-order valence-electron chi connectivity index (χ2n) is 5.54. The van der Waals surface area contributed by atoms with Gasteiger partial charge in [0.25, 0.3) is 0 Å². The number of ether oxygens (including phenoxy) is 1. The molecule has 0 aromatic carbocycles. The molecule has 1 aromatic rings. The lowest BCUT2D eigenvalue weighted by molar-refractivity contribution is 0.222. The van der Waals surface area contributed by atoms with Crippen molar-refractivity contribution in [3.05, 3.63) is 0 Å². The first-order valence-electron chi connectivity index (χ1n) is 7.58. The van der Waals surface area contributed by atoms with Gasteiger partial charge in [-0.05, 0) is 39.0 Å². The maximum absolute atomic E-state index is 5.58. The molecule has 0 bridgehead atoms. The number of nitrogens with one attached hydrogen (secondary N) is 2. The molecule has 1 heterocycles. The molecule has 1 aliphatic carbocycles. The summed E-state index contributed by atoms with van der Waals surface area (Å²) in [5.74, 6) is 1.93. The van der Waals surface area contributed by atoms with Crippen LogP contribution in [0.25, 0.3) is 0 Å². The molecule has 6 heteroatoms. The van der Waals surface area contributed by atoms with Crippen molar-refractivity contribution in [3.8, 4) is 6.01 Å². The van der Waals surface area contributed by atoms with E-state index in [-0.39, 0.29) is 6.10 Å². The van der Waals surface area contributed by atoms with Crippen LogP contribution in [-0.2, 0) is 0 Å². The van der Waals surface area contributed by atoms with Crippen molar-refractivity contribution in [1.82, 2.24) is 15.0 Å². The minimum Gasteiger partial charge on any atom is -0.461 e. The summed E-state index contributed by atoms with van der Waals surface area (Å²) in [6.45, 7) is 7.80. The monoisotopic (exact) mass is 279 g/mol. The molecular formula is C14H25N5O. The Balaban J connectivity index is 2.02. The van der Waals surface area contributed by atoms with E-state index in [0.29, 0.717) is 17.9 Å². The molecule has 0 saturated heterocycles. The third-order valence-electron chi connectivity index (χ3n) is 3.26. The van der Waals surface area contributed by atoms with Gasteiger partial charge in [0, 0.05) is 13.1 Å². The van der Waals surface area contributed by atoms with Crippen LogP contribution >= 0.6 is 0 Å². The van der Waals surface area contributed by atoms with Gasteiger partial charge in [-0.2, -0.15) is 15.0 Å². The Kier molecular flexibility index (Phi) is 5.38. The molecule has 1 fully saturated rings. The van der Waals surface area contributed by atoms with Crippen LogP contribution in [0.2, 0.25) is 0 Å². The molecule has 1 aliphatic rings. The molecule has 0 aliphatic heterocycles. The summed E-state index contributed by atoms with van der Waals surface area (Å²) in [5, 5.41) is 6.48. The van der Waals surface area contributed by atoms with Gasteiger partial charge in [-0.25, -0.2) is 0 Å². The normalized spacial score (nSPS) is 15.0. The SMILES string of the molecule is CCCNc1nc(NCC2CCC2)nc(OC(C)C)n1.